The number of nitrogens with one attached hydrogen (secondary N) is 1. The van der Waals surface area contributed by atoms with Crippen molar-refractivity contribution in [3.05, 3.63) is 0 Å². The summed E-state index contributed by atoms with van der Waals surface area (Å²) < 4.78 is 5.82. The molecule has 1 saturated heterocycles. The number of rotatable bonds is 4. The van der Waals surface area contributed by atoms with Crippen LogP contribution in [0.3, 0.4) is 0 Å². The first-order valence-corrected chi connectivity index (χ1v) is 6.68. The SMILES string of the molecule is CCC(C)C1(CNC(C)(C)C)CCOC1C. The molecule has 0 aliphatic carbocycles. The maximum absolute atomic E-state index is 5.82. The first-order chi connectivity index (χ1) is 7.32. The van der Waals surface area contributed by atoms with E-state index < -0.39 is 0 Å². The van der Waals surface area contributed by atoms with Crippen LogP contribution in [0.4, 0.5) is 0 Å². The van der Waals surface area contributed by atoms with E-state index in [2.05, 4.69) is 46.9 Å². The lowest BCUT2D eigenvalue weighted by Crippen LogP contribution is -2.49. The summed E-state index contributed by atoms with van der Waals surface area (Å²) in [5.74, 6) is 0.722. The molecule has 0 aromatic carbocycles. The molecule has 1 fully saturated rings. The molecular formula is C14H29NO. The summed E-state index contributed by atoms with van der Waals surface area (Å²) in [5.41, 5.74) is 0.533. The zero-order valence-corrected chi connectivity index (χ0v) is 11.9. The van der Waals surface area contributed by atoms with Gasteiger partial charge in [-0.15, -0.1) is 0 Å². The van der Waals surface area contributed by atoms with Crippen LogP contribution in [-0.2, 0) is 4.74 Å². The van der Waals surface area contributed by atoms with E-state index in [1.165, 1.54) is 12.8 Å². The van der Waals surface area contributed by atoms with Gasteiger partial charge in [-0.05, 0) is 40.0 Å². The van der Waals surface area contributed by atoms with E-state index in [-0.39, 0.29) is 5.54 Å². The van der Waals surface area contributed by atoms with E-state index in [4.69, 9.17) is 4.74 Å². The molecule has 0 bridgehead atoms. The highest BCUT2D eigenvalue weighted by molar-refractivity contribution is 4.96. The number of hydrogen-bond acceptors (Lipinski definition) is 2. The van der Waals surface area contributed by atoms with Crippen molar-refractivity contribution in [2.45, 2.75) is 66.0 Å². The smallest absolute Gasteiger partial charge is 0.0618 e. The Bertz CT molecular complexity index is 221. The molecule has 2 heteroatoms. The summed E-state index contributed by atoms with van der Waals surface area (Å²) in [6.45, 7) is 15.6. The van der Waals surface area contributed by atoms with Gasteiger partial charge in [-0.25, -0.2) is 0 Å². The Morgan fingerprint density at radius 3 is 2.44 bits per heavy atom. The zero-order chi connectivity index (χ0) is 12.4. The molecule has 3 unspecified atom stereocenters. The molecule has 0 spiro atoms. The summed E-state index contributed by atoms with van der Waals surface area (Å²) in [7, 11) is 0. The molecule has 2 nitrogen and oxygen atoms in total. The van der Waals surface area contributed by atoms with Crippen molar-refractivity contribution in [2.75, 3.05) is 13.2 Å². The van der Waals surface area contributed by atoms with Gasteiger partial charge in [0.2, 0.25) is 0 Å². The lowest BCUT2D eigenvalue weighted by atomic mass is 9.70. The van der Waals surface area contributed by atoms with Gasteiger partial charge in [-0.2, -0.15) is 0 Å². The lowest BCUT2D eigenvalue weighted by molar-refractivity contribution is 0.0277. The van der Waals surface area contributed by atoms with Gasteiger partial charge in [0.1, 0.15) is 0 Å². The minimum Gasteiger partial charge on any atom is -0.378 e. The third kappa shape index (κ3) is 2.98. The predicted molar refractivity (Wildman–Crippen MR) is 69.7 cm³/mol. The molecule has 16 heavy (non-hydrogen) atoms. The molecule has 96 valence electrons. The second-order valence-corrected chi connectivity index (χ2v) is 6.41. The second kappa shape index (κ2) is 5.05. The third-order valence-corrected chi connectivity index (χ3v) is 4.29. The van der Waals surface area contributed by atoms with Crippen molar-refractivity contribution >= 4 is 0 Å². The third-order valence-electron chi connectivity index (χ3n) is 4.29. The van der Waals surface area contributed by atoms with Crippen molar-refractivity contribution in [1.82, 2.24) is 5.32 Å². The number of hydrogen-bond donors (Lipinski definition) is 1. The Kier molecular flexibility index (Phi) is 4.42. The average molecular weight is 227 g/mol. The molecule has 1 heterocycles. The molecule has 1 rings (SSSR count). The van der Waals surface area contributed by atoms with Crippen LogP contribution in [-0.4, -0.2) is 24.8 Å². The van der Waals surface area contributed by atoms with Gasteiger partial charge in [0.05, 0.1) is 6.10 Å². The van der Waals surface area contributed by atoms with Gasteiger partial charge in [0, 0.05) is 24.1 Å². The van der Waals surface area contributed by atoms with Gasteiger partial charge in [0.15, 0.2) is 0 Å². The van der Waals surface area contributed by atoms with Crippen molar-refractivity contribution in [3.63, 3.8) is 0 Å². The molecule has 0 aromatic heterocycles. The monoisotopic (exact) mass is 227 g/mol. The Labute approximate surface area is 101 Å². The minimum atomic E-state index is 0.197. The Morgan fingerprint density at radius 1 is 1.44 bits per heavy atom. The van der Waals surface area contributed by atoms with E-state index in [0.717, 1.165) is 19.1 Å². The van der Waals surface area contributed by atoms with Crippen LogP contribution in [0, 0.1) is 11.3 Å². The standard InChI is InChI=1S/C14H29NO/c1-7-11(2)14(8-9-16-12(14)3)10-15-13(4,5)6/h11-12,15H,7-10H2,1-6H3. The van der Waals surface area contributed by atoms with Crippen LogP contribution in [0.2, 0.25) is 0 Å². The van der Waals surface area contributed by atoms with Crippen LogP contribution < -0.4 is 5.32 Å². The normalized spacial score (nSPS) is 33.0. The van der Waals surface area contributed by atoms with Gasteiger partial charge in [-0.3, -0.25) is 0 Å². The molecule has 0 radical (unpaired) electrons. The van der Waals surface area contributed by atoms with E-state index in [1.807, 2.05) is 0 Å². The fourth-order valence-corrected chi connectivity index (χ4v) is 2.68. The quantitative estimate of drug-likeness (QED) is 0.796. The van der Waals surface area contributed by atoms with E-state index in [1.54, 1.807) is 0 Å². The van der Waals surface area contributed by atoms with Gasteiger partial charge < -0.3 is 10.1 Å². The molecule has 1 aliphatic rings. The first kappa shape index (κ1) is 14.0. The highest BCUT2D eigenvalue weighted by Gasteiger charge is 2.45. The summed E-state index contributed by atoms with van der Waals surface area (Å²) in [4.78, 5) is 0. The molecule has 0 aromatic rings. The second-order valence-electron chi connectivity index (χ2n) is 6.41. The summed E-state index contributed by atoms with van der Waals surface area (Å²) >= 11 is 0. The van der Waals surface area contributed by atoms with Crippen LogP contribution in [0.5, 0.6) is 0 Å². The molecule has 1 N–H and O–H groups in total. The van der Waals surface area contributed by atoms with E-state index >= 15 is 0 Å². The summed E-state index contributed by atoms with van der Waals surface area (Å²) in [6, 6.07) is 0. The summed E-state index contributed by atoms with van der Waals surface area (Å²) in [5, 5.41) is 3.67. The van der Waals surface area contributed by atoms with Crippen molar-refractivity contribution < 1.29 is 4.74 Å². The molecule has 0 saturated carbocycles. The summed E-state index contributed by atoms with van der Waals surface area (Å²) in [6.07, 6.45) is 2.82. The van der Waals surface area contributed by atoms with Crippen LogP contribution >= 0.6 is 0 Å². The van der Waals surface area contributed by atoms with E-state index in [0.29, 0.717) is 11.5 Å². The van der Waals surface area contributed by atoms with E-state index in [9.17, 15) is 0 Å². The largest absolute Gasteiger partial charge is 0.378 e. The van der Waals surface area contributed by atoms with Crippen LogP contribution in [0.1, 0.15) is 54.4 Å². The molecule has 3 atom stereocenters. The molecule has 0 amide bonds. The molecule has 1 aliphatic heterocycles. The minimum absolute atomic E-state index is 0.197. The van der Waals surface area contributed by atoms with Crippen molar-refractivity contribution in [1.29, 1.82) is 0 Å². The number of ether oxygens (including phenoxy) is 1. The van der Waals surface area contributed by atoms with Gasteiger partial charge in [0.25, 0.3) is 0 Å². The van der Waals surface area contributed by atoms with Crippen molar-refractivity contribution in [3.8, 4) is 0 Å². The highest BCUT2D eigenvalue weighted by Crippen LogP contribution is 2.42. The predicted octanol–water partition coefficient (Wildman–Crippen LogP) is 3.22. The fraction of sp³-hybridized carbons (Fsp3) is 1.00. The van der Waals surface area contributed by atoms with Crippen LogP contribution in [0.25, 0.3) is 0 Å². The lowest BCUT2D eigenvalue weighted by Gasteiger charge is -2.40. The highest BCUT2D eigenvalue weighted by atomic mass is 16.5. The maximum Gasteiger partial charge on any atom is 0.0618 e. The van der Waals surface area contributed by atoms with Gasteiger partial charge >= 0.3 is 0 Å². The molecular weight excluding hydrogens is 198 g/mol. The van der Waals surface area contributed by atoms with Gasteiger partial charge in [-0.1, -0.05) is 20.3 Å². The Balaban J connectivity index is 2.72. The Morgan fingerprint density at radius 2 is 2.06 bits per heavy atom. The van der Waals surface area contributed by atoms with Crippen LogP contribution in [0.15, 0.2) is 0 Å². The topological polar surface area (TPSA) is 21.3 Å². The van der Waals surface area contributed by atoms with Crippen molar-refractivity contribution in [2.24, 2.45) is 11.3 Å². The average Bonchev–Trinajstić information content (AvgIpc) is 2.56. The first-order valence-electron chi connectivity index (χ1n) is 6.68. The fourth-order valence-electron chi connectivity index (χ4n) is 2.68. The maximum atomic E-state index is 5.82. The Hall–Kier alpha value is -0.0800. The zero-order valence-electron chi connectivity index (χ0n) is 11.9.